The Bertz CT molecular complexity index is 1340. The van der Waals surface area contributed by atoms with Crippen LogP contribution in [0.2, 0.25) is 0 Å². The average Bonchev–Trinajstić information content (AvgIpc) is 3.50. The molecule has 2 amide bonds. The Balaban J connectivity index is 1.33. The molecule has 2 heterocycles. The maximum Gasteiger partial charge on any atom is 0.242 e. The van der Waals surface area contributed by atoms with Crippen LogP contribution in [-0.2, 0) is 16.1 Å². The molecule has 1 saturated heterocycles. The van der Waals surface area contributed by atoms with Crippen molar-refractivity contribution in [2.24, 2.45) is 4.99 Å². The van der Waals surface area contributed by atoms with Gasteiger partial charge in [0.05, 0.1) is 25.9 Å². The molecule has 0 radical (unpaired) electrons. The Morgan fingerprint density at radius 3 is 2.53 bits per heavy atom. The van der Waals surface area contributed by atoms with Crippen molar-refractivity contribution in [3.05, 3.63) is 72.3 Å². The van der Waals surface area contributed by atoms with Gasteiger partial charge in [0.1, 0.15) is 16.7 Å². The minimum atomic E-state index is -0.608. The highest BCUT2D eigenvalue weighted by Crippen LogP contribution is 2.36. The lowest BCUT2D eigenvalue weighted by atomic mass is 10.1. The number of methoxy groups -OCH3 is 1. The third-order valence-electron chi connectivity index (χ3n) is 5.91. The molecule has 196 valence electrons. The number of fused-ring (bicyclic) bond motifs is 1. The number of carbonyl (C=O) groups excluding carboxylic acids is 2. The van der Waals surface area contributed by atoms with Gasteiger partial charge in [-0.15, -0.1) is 0 Å². The molecule has 9 nitrogen and oxygen atoms in total. The van der Waals surface area contributed by atoms with Crippen molar-refractivity contribution in [3.63, 3.8) is 0 Å². The summed E-state index contributed by atoms with van der Waals surface area (Å²) in [5.41, 5.74) is 2.18. The first-order valence-electron chi connectivity index (χ1n) is 12.1. The van der Waals surface area contributed by atoms with Gasteiger partial charge in [-0.05, 0) is 73.2 Å². The number of benzene rings is 3. The molecule has 1 atom stereocenters. The molecule has 5 rings (SSSR count). The smallest absolute Gasteiger partial charge is 0.242 e. The van der Waals surface area contributed by atoms with Gasteiger partial charge in [-0.2, -0.15) is 0 Å². The summed E-state index contributed by atoms with van der Waals surface area (Å²) in [6.45, 7) is 2.94. The number of rotatable bonds is 9. The van der Waals surface area contributed by atoms with Crippen LogP contribution in [0.15, 0.2) is 71.7 Å². The van der Waals surface area contributed by atoms with E-state index in [2.05, 4.69) is 5.32 Å². The maximum absolute atomic E-state index is 13.5. The number of anilines is 1. The molecular formula is C28H27N3O6S. The summed E-state index contributed by atoms with van der Waals surface area (Å²) >= 11 is 1.28. The fourth-order valence-corrected chi connectivity index (χ4v) is 5.20. The number of amidine groups is 1. The minimum Gasteiger partial charge on any atom is -0.497 e. The average molecular weight is 534 g/mol. The monoisotopic (exact) mass is 533 g/mol. The zero-order valence-electron chi connectivity index (χ0n) is 21.0. The standard InChI is InChI=1S/C28H27N3O6S/c1-3-35-22-11-7-19(8-12-22)29-26(32)15-25-27(33)31(16-18-4-13-23-24(14-18)37-17-36-23)28(38-25)30-20-5-9-21(34-2)10-6-20/h4-14,25H,3,15-17H2,1-2H3,(H,29,32)/t25-/m1/s1. The quantitative estimate of drug-likeness (QED) is 0.414. The van der Waals surface area contributed by atoms with Crippen LogP contribution in [0.4, 0.5) is 11.4 Å². The van der Waals surface area contributed by atoms with Gasteiger partial charge in [-0.25, -0.2) is 4.99 Å². The minimum absolute atomic E-state index is 0.00990. The molecule has 0 spiro atoms. The van der Waals surface area contributed by atoms with Crippen LogP contribution in [-0.4, -0.2) is 47.6 Å². The van der Waals surface area contributed by atoms with Gasteiger partial charge in [0.25, 0.3) is 0 Å². The summed E-state index contributed by atoms with van der Waals surface area (Å²) in [4.78, 5) is 32.7. The van der Waals surface area contributed by atoms with Gasteiger partial charge in [0.15, 0.2) is 16.7 Å². The summed E-state index contributed by atoms with van der Waals surface area (Å²) < 4.78 is 21.6. The molecule has 1 N–H and O–H groups in total. The van der Waals surface area contributed by atoms with Crippen LogP contribution in [0.5, 0.6) is 23.0 Å². The van der Waals surface area contributed by atoms with Crippen molar-refractivity contribution in [2.45, 2.75) is 25.1 Å². The Morgan fingerprint density at radius 1 is 1.05 bits per heavy atom. The first-order chi connectivity index (χ1) is 18.5. The first-order valence-corrected chi connectivity index (χ1v) is 13.0. The van der Waals surface area contributed by atoms with E-state index in [9.17, 15) is 9.59 Å². The van der Waals surface area contributed by atoms with Crippen LogP contribution in [0.3, 0.4) is 0 Å². The van der Waals surface area contributed by atoms with Crippen LogP contribution in [0.25, 0.3) is 0 Å². The van der Waals surface area contributed by atoms with Crippen molar-refractivity contribution < 1.29 is 28.5 Å². The van der Waals surface area contributed by atoms with Gasteiger partial charge in [-0.1, -0.05) is 17.8 Å². The molecule has 38 heavy (non-hydrogen) atoms. The molecule has 10 heteroatoms. The zero-order chi connectivity index (χ0) is 26.5. The number of carbonyl (C=O) groups is 2. The fraction of sp³-hybridized carbons (Fsp3) is 0.250. The van der Waals surface area contributed by atoms with Crippen LogP contribution in [0, 0.1) is 0 Å². The van der Waals surface area contributed by atoms with E-state index in [0.29, 0.717) is 40.4 Å². The number of aliphatic imine (C=N–C) groups is 1. The summed E-state index contributed by atoms with van der Waals surface area (Å²) in [5, 5.41) is 2.78. The second-order valence-corrected chi connectivity index (χ2v) is 9.69. The van der Waals surface area contributed by atoms with Crippen molar-refractivity contribution in [1.29, 1.82) is 0 Å². The number of nitrogens with one attached hydrogen (secondary N) is 1. The fourth-order valence-electron chi connectivity index (χ4n) is 4.04. The molecule has 0 bridgehead atoms. The topological polar surface area (TPSA) is 98.7 Å². The third kappa shape index (κ3) is 5.86. The SMILES string of the molecule is CCOc1ccc(NC(=O)C[C@H]2SC(=Nc3ccc(OC)cc3)N(Cc3ccc4c(c3)OCO4)C2=O)cc1. The van der Waals surface area contributed by atoms with E-state index >= 15 is 0 Å². The van der Waals surface area contributed by atoms with Crippen molar-refractivity contribution in [2.75, 3.05) is 25.8 Å². The second-order valence-electron chi connectivity index (χ2n) is 8.52. The lowest BCUT2D eigenvalue weighted by Crippen LogP contribution is -2.33. The van der Waals surface area contributed by atoms with Crippen molar-refractivity contribution in [1.82, 2.24) is 4.90 Å². The maximum atomic E-state index is 13.5. The first kappa shape index (κ1) is 25.5. The number of amides is 2. The van der Waals surface area contributed by atoms with Gasteiger partial charge in [0, 0.05) is 12.1 Å². The highest BCUT2D eigenvalue weighted by Gasteiger charge is 2.39. The highest BCUT2D eigenvalue weighted by atomic mass is 32.2. The summed E-state index contributed by atoms with van der Waals surface area (Å²) in [6.07, 6.45) is 0.00990. The molecular weight excluding hydrogens is 506 g/mol. The molecule has 0 saturated carbocycles. The Labute approximate surface area is 224 Å². The Hall–Kier alpha value is -4.18. The molecule has 0 aromatic heterocycles. The van der Waals surface area contributed by atoms with E-state index in [1.165, 1.54) is 11.8 Å². The molecule has 3 aromatic rings. The number of ether oxygens (including phenoxy) is 4. The third-order valence-corrected chi connectivity index (χ3v) is 7.09. The molecule has 3 aromatic carbocycles. The van der Waals surface area contributed by atoms with Gasteiger partial charge in [0.2, 0.25) is 18.6 Å². The molecule has 2 aliphatic rings. The predicted octanol–water partition coefficient (Wildman–Crippen LogP) is 4.98. The van der Waals surface area contributed by atoms with Gasteiger partial charge < -0.3 is 24.3 Å². The van der Waals surface area contributed by atoms with E-state index < -0.39 is 5.25 Å². The predicted molar refractivity (Wildman–Crippen MR) is 145 cm³/mol. The summed E-state index contributed by atoms with van der Waals surface area (Å²) in [7, 11) is 1.60. The van der Waals surface area contributed by atoms with Crippen LogP contribution in [0.1, 0.15) is 18.9 Å². The van der Waals surface area contributed by atoms with Crippen LogP contribution < -0.4 is 24.3 Å². The van der Waals surface area contributed by atoms with E-state index in [0.717, 1.165) is 11.3 Å². The Morgan fingerprint density at radius 2 is 1.79 bits per heavy atom. The van der Waals surface area contributed by atoms with E-state index in [1.54, 1.807) is 36.3 Å². The second kappa shape index (κ2) is 11.5. The van der Waals surface area contributed by atoms with Gasteiger partial charge >= 0.3 is 0 Å². The van der Waals surface area contributed by atoms with Crippen molar-refractivity contribution >= 4 is 40.1 Å². The number of hydrogen-bond donors (Lipinski definition) is 1. The van der Waals surface area contributed by atoms with E-state index in [1.807, 2.05) is 49.4 Å². The normalized spacial score (nSPS) is 17.1. The lowest BCUT2D eigenvalue weighted by Gasteiger charge is -2.17. The summed E-state index contributed by atoms with van der Waals surface area (Å²) in [6, 6.07) is 20.0. The largest absolute Gasteiger partial charge is 0.497 e. The molecule has 0 aliphatic carbocycles. The number of hydrogen-bond acceptors (Lipinski definition) is 8. The lowest BCUT2D eigenvalue weighted by molar-refractivity contribution is -0.128. The zero-order valence-corrected chi connectivity index (χ0v) is 21.8. The van der Waals surface area contributed by atoms with Crippen LogP contribution >= 0.6 is 11.8 Å². The van der Waals surface area contributed by atoms with E-state index in [4.69, 9.17) is 23.9 Å². The van der Waals surface area contributed by atoms with Crippen molar-refractivity contribution in [3.8, 4) is 23.0 Å². The highest BCUT2D eigenvalue weighted by molar-refractivity contribution is 8.15. The molecule has 2 aliphatic heterocycles. The summed E-state index contributed by atoms with van der Waals surface area (Å²) in [5.74, 6) is 2.32. The number of nitrogens with zero attached hydrogens (tertiary/aromatic N) is 2. The molecule has 1 fully saturated rings. The molecule has 0 unspecified atom stereocenters. The van der Waals surface area contributed by atoms with Gasteiger partial charge in [-0.3, -0.25) is 14.5 Å². The Kier molecular flexibility index (Phi) is 7.69. The number of thioether (sulfide) groups is 1. The van der Waals surface area contributed by atoms with E-state index in [-0.39, 0.29) is 31.6 Å².